The molecule has 8 heteroatoms. The van der Waals surface area contributed by atoms with Gasteiger partial charge in [0.2, 0.25) is 0 Å². The number of likely N-dealkylation sites (N-methyl/N-ethyl adjacent to an activating group) is 1. The molecule has 0 radical (unpaired) electrons. The minimum atomic E-state index is -1.48. The van der Waals surface area contributed by atoms with Crippen LogP contribution in [0.25, 0.3) is 0 Å². The molecule has 0 aliphatic carbocycles. The average Bonchev–Trinajstić information content (AvgIpc) is 2.26. The Morgan fingerprint density at radius 2 is 1.12 bits per heavy atom. The van der Waals surface area contributed by atoms with Gasteiger partial charge in [0, 0.05) is 12.5 Å². The molecule has 0 saturated heterocycles. The van der Waals surface area contributed by atoms with Crippen molar-refractivity contribution in [2.24, 2.45) is 0 Å². The monoisotopic (exact) mass is 392 g/mol. The number of hydrogen-bond donors (Lipinski definition) is 0. The minimum Gasteiger partial charge on any atom is -0.389 e. The third-order valence-electron chi connectivity index (χ3n) is 3.26. The Morgan fingerprint density at radius 3 is 1.38 bits per heavy atom. The van der Waals surface area contributed by atoms with Crippen LogP contribution >= 0.6 is 0 Å². The van der Waals surface area contributed by atoms with Gasteiger partial charge in [-0.2, -0.15) is 0 Å². The van der Waals surface area contributed by atoms with Gasteiger partial charge in [0.1, 0.15) is 6.54 Å². The lowest BCUT2D eigenvalue weighted by Crippen LogP contribution is -2.55. The Bertz CT molecular complexity index is 353. The van der Waals surface area contributed by atoms with Crippen molar-refractivity contribution in [3.63, 3.8) is 0 Å². The lowest BCUT2D eigenvalue weighted by Gasteiger charge is -2.37. The van der Waals surface area contributed by atoms with Crippen LogP contribution in [-0.2, 0) is 14.0 Å². The molecule has 0 saturated carbocycles. The largest absolute Gasteiger partial charge is 0.639 e. The summed E-state index contributed by atoms with van der Waals surface area (Å²) < 4.78 is 19.5. The summed E-state index contributed by atoms with van der Waals surface area (Å²) in [7, 11) is 2.05. The molecule has 4 nitrogen and oxygen atoms in total. The van der Waals surface area contributed by atoms with Crippen LogP contribution in [0.5, 0.6) is 0 Å². The quantitative estimate of drug-likeness (QED) is 0.396. The molecule has 0 spiro atoms. The smallest absolute Gasteiger partial charge is 0.389 e. The van der Waals surface area contributed by atoms with E-state index in [-0.39, 0.29) is 5.73 Å². The number of hydrogen-bond acceptors (Lipinski definition) is 3. The highest BCUT2D eigenvalue weighted by atomic mass is 28.3. The van der Waals surface area contributed by atoms with E-state index >= 15 is 0 Å². The van der Waals surface area contributed by atoms with Crippen LogP contribution in [-0.4, -0.2) is 81.9 Å². The highest BCUT2D eigenvalue weighted by Gasteiger charge is 2.38. The molecule has 0 aliphatic heterocycles. The van der Waals surface area contributed by atoms with Crippen molar-refractivity contribution in [1.29, 1.82) is 0 Å². The van der Waals surface area contributed by atoms with Gasteiger partial charge in [0.05, 0.1) is 51.1 Å². The number of rotatable bonds is 11. The van der Waals surface area contributed by atoms with E-state index in [9.17, 15) is 0 Å². The van der Waals surface area contributed by atoms with Crippen LogP contribution in [0.4, 0.5) is 0 Å². The molecule has 0 aromatic heterocycles. The van der Waals surface area contributed by atoms with Crippen molar-refractivity contribution in [3.8, 4) is 0 Å². The standard InChI is InChI=1S/C16H43BNO3Si3/c1-18(2,3)13-16(24(10,11)12)21-17(19-14-22(4,5)6)20-15-23(7,8)9/h16H,13-15H2,1-12H3/q+1. The molecular formula is C16H43BNO3Si3+. The van der Waals surface area contributed by atoms with E-state index in [0.717, 1.165) is 23.5 Å². The predicted molar refractivity (Wildman–Crippen MR) is 115 cm³/mol. The van der Waals surface area contributed by atoms with Gasteiger partial charge >= 0.3 is 7.32 Å². The molecular weight excluding hydrogens is 349 g/mol. The lowest BCUT2D eigenvalue weighted by atomic mass is 10.2. The van der Waals surface area contributed by atoms with Gasteiger partial charge in [-0.3, -0.25) is 0 Å². The molecule has 0 bridgehead atoms. The van der Waals surface area contributed by atoms with Crippen LogP contribution in [0.3, 0.4) is 0 Å². The molecule has 0 aromatic carbocycles. The summed E-state index contributed by atoms with van der Waals surface area (Å²) in [5.41, 5.74) is 0.214. The minimum absolute atomic E-state index is 0.214. The van der Waals surface area contributed by atoms with E-state index in [1.165, 1.54) is 0 Å². The van der Waals surface area contributed by atoms with E-state index in [1.54, 1.807) is 0 Å². The highest BCUT2D eigenvalue weighted by molar-refractivity contribution is 6.78. The second-order valence-corrected chi connectivity index (χ2v) is 27.7. The second-order valence-electron chi connectivity index (χ2n) is 11.5. The Kier molecular flexibility index (Phi) is 9.18. The predicted octanol–water partition coefficient (Wildman–Crippen LogP) is 3.73. The second kappa shape index (κ2) is 8.97. The maximum Gasteiger partial charge on any atom is 0.639 e. The van der Waals surface area contributed by atoms with Crippen LogP contribution in [0.15, 0.2) is 0 Å². The SMILES string of the molecule is C[N+](C)(C)CC(OB(OC[Si](C)(C)C)OC[Si](C)(C)C)[Si](C)(C)C. The van der Waals surface area contributed by atoms with Crippen molar-refractivity contribution >= 4 is 31.5 Å². The summed E-state index contributed by atoms with van der Waals surface area (Å²) in [5.74, 6) is 0. The molecule has 0 N–H and O–H groups in total. The molecule has 0 heterocycles. The first-order chi connectivity index (χ1) is 10.4. The molecule has 0 fully saturated rings. The van der Waals surface area contributed by atoms with E-state index in [4.69, 9.17) is 14.0 Å². The molecule has 1 atom stereocenters. The maximum absolute atomic E-state index is 6.43. The van der Waals surface area contributed by atoms with Crippen LogP contribution in [0.2, 0.25) is 58.9 Å². The highest BCUT2D eigenvalue weighted by Crippen LogP contribution is 2.17. The van der Waals surface area contributed by atoms with Gasteiger partial charge in [-0.15, -0.1) is 0 Å². The first-order valence-corrected chi connectivity index (χ1v) is 20.1. The van der Waals surface area contributed by atoms with E-state index in [2.05, 4.69) is 80.1 Å². The van der Waals surface area contributed by atoms with E-state index in [0.29, 0.717) is 0 Å². The fourth-order valence-corrected chi connectivity index (χ4v) is 4.80. The first kappa shape index (κ1) is 24.6. The number of nitrogens with zero attached hydrogens (tertiary/aromatic N) is 1. The molecule has 0 amide bonds. The Balaban J connectivity index is 5.06. The molecule has 0 aromatic rings. The van der Waals surface area contributed by atoms with Crippen molar-refractivity contribution < 1.29 is 18.4 Å². The maximum atomic E-state index is 6.43. The summed E-state index contributed by atoms with van der Waals surface area (Å²) in [6.45, 7) is 21.9. The first-order valence-electron chi connectivity index (χ1n) is 9.08. The Hall–Kier alpha value is 0.556. The van der Waals surface area contributed by atoms with E-state index in [1.807, 2.05) is 0 Å². The molecule has 0 aliphatic rings. The van der Waals surface area contributed by atoms with Gasteiger partial charge in [-0.05, 0) is 0 Å². The van der Waals surface area contributed by atoms with Crippen molar-refractivity contribution in [1.82, 2.24) is 0 Å². The lowest BCUT2D eigenvalue weighted by molar-refractivity contribution is -0.872. The van der Waals surface area contributed by atoms with Crippen molar-refractivity contribution in [2.45, 2.75) is 64.7 Å². The number of quaternary nitrogens is 1. The third kappa shape index (κ3) is 13.8. The fourth-order valence-electron chi connectivity index (χ4n) is 1.92. The van der Waals surface area contributed by atoms with Crippen LogP contribution in [0, 0.1) is 0 Å². The van der Waals surface area contributed by atoms with Crippen molar-refractivity contribution in [3.05, 3.63) is 0 Å². The molecule has 24 heavy (non-hydrogen) atoms. The van der Waals surface area contributed by atoms with E-state index < -0.39 is 31.5 Å². The Morgan fingerprint density at radius 1 is 0.750 bits per heavy atom. The molecule has 0 rings (SSSR count). The average molecular weight is 393 g/mol. The molecule has 1 unspecified atom stereocenters. The fraction of sp³-hybridized carbons (Fsp3) is 1.00. The van der Waals surface area contributed by atoms with Gasteiger partial charge in [0.25, 0.3) is 0 Å². The zero-order valence-electron chi connectivity index (χ0n) is 18.4. The zero-order chi connectivity index (χ0) is 19.4. The van der Waals surface area contributed by atoms with Gasteiger partial charge < -0.3 is 18.4 Å². The van der Waals surface area contributed by atoms with Gasteiger partial charge in [0.15, 0.2) is 0 Å². The molecule has 144 valence electrons. The van der Waals surface area contributed by atoms with Gasteiger partial charge in [-0.1, -0.05) is 58.9 Å². The zero-order valence-corrected chi connectivity index (χ0v) is 21.4. The van der Waals surface area contributed by atoms with Crippen molar-refractivity contribution in [2.75, 3.05) is 40.1 Å². The summed E-state index contributed by atoms with van der Waals surface area (Å²) in [6, 6.07) is 0. The summed E-state index contributed by atoms with van der Waals surface area (Å²) in [4.78, 5) is 0. The summed E-state index contributed by atoms with van der Waals surface area (Å²) in [5, 5.41) is 0. The normalized spacial score (nSPS) is 15.5. The topological polar surface area (TPSA) is 27.7 Å². The Labute approximate surface area is 155 Å². The van der Waals surface area contributed by atoms with Crippen LogP contribution in [0.1, 0.15) is 0 Å². The summed E-state index contributed by atoms with van der Waals surface area (Å²) >= 11 is 0. The van der Waals surface area contributed by atoms with Gasteiger partial charge in [-0.25, -0.2) is 0 Å². The summed E-state index contributed by atoms with van der Waals surface area (Å²) in [6.07, 6.45) is 1.54. The van der Waals surface area contributed by atoms with Crippen LogP contribution < -0.4 is 0 Å². The third-order valence-corrected chi connectivity index (χ3v) is 7.58.